The van der Waals surface area contributed by atoms with Gasteiger partial charge in [0.15, 0.2) is 0 Å². The zero-order valence-electron chi connectivity index (χ0n) is 14.2. The van der Waals surface area contributed by atoms with Gasteiger partial charge in [-0.05, 0) is 35.9 Å². The molecule has 0 aliphatic carbocycles. The molecule has 4 N–H and O–H groups in total. The van der Waals surface area contributed by atoms with E-state index < -0.39 is 11.8 Å². The Kier molecular flexibility index (Phi) is 4.09. The van der Waals surface area contributed by atoms with Crippen LogP contribution < -0.4 is 11.5 Å². The van der Waals surface area contributed by atoms with Gasteiger partial charge in [0.1, 0.15) is 0 Å². The summed E-state index contributed by atoms with van der Waals surface area (Å²) in [6.07, 6.45) is 0. The number of carbonyl (C=O) groups excluding carboxylic acids is 2. The Morgan fingerprint density at radius 2 is 1.67 bits per heavy atom. The van der Waals surface area contributed by atoms with Gasteiger partial charge in [0, 0.05) is 28.4 Å². The van der Waals surface area contributed by atoms with Crippen molar-refractivity contribution in [2.75, 3.05) is 0 Å². The first-order chi connectivity index (χ1) is 13.0. The second-order valence-electron chi connectivity index (χ2n) is 6.22. The van der Waals surface area contributed by atoms with E-state index in [9.17, 15) is 9.59 Å². The molecule has 133 valence electrons. The third-order valence-corrected chi connectivity index (χ3v) is 4.96. The van der Waals surface area contributed by atoms with E-state index in [0.29, 0.717) is 33.5 Å². The number of nitrogens with zero attached hydrogens (tertiary/aromatic N) is 1. The van der Waals surface area contributed by atoms with E-state index in [1.165, 1.54) is 0 Å². The second kappa shape index (κ2) is 6.45. The minimum Gasteiger partial charge on any atom is -0.366 e. The van der Waals surface area contributed by atoms with Gasteiger partial charge in [-0.3, -0.25) is 9.59 Å². The average Bonchev–Trinajstić information content (AvgIpc) is 2.97. The molecule has 0 aliphatic heterocycles. The fourth-order valence-electron chi connectivity index (χ4n) is 3.51. The third-order valence-electron chi connectivity index (χ3n) is 4.65. The van der Waals surface area contributed by atoms with Crippen LogP contribution in [0.25, 0.3) is 21.8 Å². The molecule has 0 bridgehead atoms. The zero-order valence-corrected chi connectivity index (χ0v) is 15.0. The van der Waals surface area contributed by atoms with Crippen molar-refractivity contribution in [1.82, 2.24) is 4.57 Å². The fourth-order valence-corrected chi connectivity index (χ4v) is 3.77. The second-order valence-corrected chi connectivity index (χ2v) is 6.63. The van der Waals surface area contributed by atoms with Crippen LogP contribution in [0.3, 0.4) is 0 Å². The van der Waals surface area contributed by atoms with E-state index in [-0.39, 0.29) is 0 Å². The molecule has 0 aliphatic rings. The first-order valence-electron chi connectivity index (χ1n) is 8.27. The van der Waals surface area contributed by atoms with E-state index in [4.69, 9.17) is 23.1 Å². The maximum Gasteiger partial charge on any atom is 0.249 e. The van der Waals surface area contributed by atoms with Crippen molar-refractivity contribution in [1.29, 1.82) is 0 Å². The van der Waals surface area contributed by atoms with Crippen LogP contribution in [0.15, 0.2) is 54.6 Å². The molecule has 0 fully saturated rings. The molecular weight excluding hydrogens is 362 g/mol. The summed E-state index contributed by atoms with van der Waals surface area (Å²) in [6.45, 7) is 0.360. The van der Waals surface area contributed by atoms with Crippen LogP contribution in [-0.2, 0) is 6.54 Å². The van der Waals surface area contributed by atoms with Crippen LogP contribution in [0.4, 0.5) is 0 Å². The molecule has 4 aromatic rings. The Morgan fingerprint density at radius 1 is 0.963 bits per heavy atom. The summed E-state index contributed by atoms with van der Waals surface area (Å²) in [5.74, 6) is -1.02. The monoisotopic (exact) mass is 376 g/mol. The van der Waals surface area contributed by atoms with E-state index in [1.54, 1.807) is 36.4 Å². The summed E-state index contributed by atoms with van der Waals surface area (Å²) in [7, 11) is 0. The molecule has 6 heteroatoms. The Labute approximate surface area is 160 Å². The first kappa shape index (κ1) is 17.1. The lowest BCUT2D eigenvalue weighted by atomic mass is 10.1. The SMILES string of the molecule is NC(=O)c1ccccc1Cn1c2cccc(C(N)=O)c2c2[c]ccc(Cl)c21. The minimum absolute atomic E-state index is 0.360. The lowest BCUT2D eigenvalue weighted by molar-refractivity contribution is 0.0992. The average molecular weight is 377 g/mol. The molecule has 27 heavy (non-hydrogen) atoms. The normalized spacial score (nSPS) is 11.1. The quantitative estimate of drug-likeness (QED) is 0.570. The van der Waals surface area contributed by atoms with Gasteiger partial charge < -0.3 is 16.0 Å². The van der Waals surface area contributed by atoms with Crippen LogP contribution in [0.5, 0.6) is 0 Å². The molecule has 0 atom stereocenters. The zero-order chi connectivity index (χ0) is 19.1. The summed E-state index contributed by atoms with van der Waals surface area (Å²) in [5.41, 5.74) is 14.2. The van der Waals surface area contributed by atoms with Crippen LogP contribution in [0, 0.1) is 6.07 Å². The van der Waals surface area contributed by atoms with Gasteiger partial charge in [0.2, 0.25) is 11.8 Å². The highest BCUT2D eigenvalue weighted by Gasteiger charge is 2.19. The van der Waals surface area contributed by atoms with Gasteiger partial charge in [-0.15, -0.1) is 0 Å². The van der Waals surface area contributed by atoms with Crippen molar-refractivity contribution in [3.63, 3.8) is 0 Å². The van der Waals surface area contributed by atoms with Crippen molar-refractivity contribution in [3.8, 4) is 0 Å². The van der Waals surface area contributed by atoms with Crippen LogP contribution in [0.2, 0.25) is 5.02 Å². The van der Waals surface area contributed by atoms with Crippen molar-refractivity contribution in [3.05, 3.63) is 82.4 Å². The van der Waals surface area contributed by atoms with Gasteiger partial charge >= 0.3 is 0 Å². The number of hydrogen-bond donors (Lipinski definition) is 2. The fraction of sp³-hybridized carbons (Fsp3) is 0.0476. The Morgan fingerprint density at radius 3 is 2.41 bits per heavy atom. The lowest BCUT2D eigenvalue weighted by Crippen LogP contribution is -2.15. The number of carbonyl (C=O) groups is 2. The van der Waals surface area contributed by atoms with E-state index >= 15 is 0 Å². The Bertz CT molecular complexity index is 1230. The van der Waals surface area contributed by atoms with Crippen molar-refractivity contribution in [2.24, 2.45) is 11.5 Å². The molecule has 0 spiro atoms. The van der Waals surface area contributed by atoms with E-state index in [0.717, 1.165) is 16.6 Å². The molecule has 0 saturated heterocycles. The standard InChI is InChI=1S/C21H15ClN3O2/c22-16-9-3-7-14-18-15(21(24)27)8-4-10-17(18)25(19(14)16)11-12-5-1-2-6-13(12)20(23)26/h1-6,8-10H,11H2,(H2,23,26)(H2,24,27). The topological polar surface area (TPSA) is 91.1 Å². The molecule has 4 rings (SSSR count). The number of benzene rings is 3. The number of amides is 2. The number of hydrogen-bond acceptors (Lipinski definition) is 2. The number of rotatable bonds is 4. The smallest absolute Gasteiger partial charge is 0.249 e. The number of fused-ring (bicyclic) bond motifs is 3. The highest BCUT2D eigenvalue weighted by molar-refractivity contribution is 6.36. The maximum atomic E-state index is 12.0. The summed E-state index contributed by atoms with van der Waals surface area (Å²) >= 11 is 6.49. The van der Waals surface area contributed by atoms with Crippen molar-refractivity contribution >= 4 is 45.2 Å². The van der Waals surface area contributed by atoms with Gasteiger partial charge in [-0.1, -0.05) is 41.9 Å². The number of aromatic nitrogens is 1. The molecule has 1 aromatic heterocycles. The van der Waals surface area contributed by atoms with Crippen LogP contribution >= 0.6 is 11.6 Å². The highest BCUT2D eigenvalue weighted by atomic mass is 35.5. The van der Waals surface area contributed by atoms with Crippen molar-refractivity contribution in [2.45, 2.75) is 6.54 Å². The van der Waals surface area contributed by atoms with Crippen LogP contribution in [-0.4, -0.2) is 16.4 Å². The number of nitrogens with two attached hydrogens (primary N) is 2. The van der Waals surface area contributed by atoms with Gasteiger partial charge in [0.25, 0.3) is 0 Å². The molecule has 0 unspecified atom stereocenters. The first-order valence-corrected chi connectivity index (χ1v) is 8.65. The number of halogens is 1. The third kappa shape index (κ3) is 2.73. The molecule has 3 aromatic carbocycles. The van der Waals surface area contributed by atoms with E-state index in [2.05, 4.69) is 6.07 Å². The van der Waals surface area contributed by atoms with Gasteiger partial charge in [-0.25, -0.2) is 0 Å². The Balaban J connectivity index is 2.07. The van der Waals surface area contributed by atoms with Gasteiger partial charge in [0.05, 0.1) is 16.1 Å². The van der Waals surface area contributed by atoms with Crippen LogP contribution in [0.1, 0.15) is 26.3 Å². The molecular formula is C21H15ClN3O2. The summed E-state index contributed by atoms with van der Waals surface area (Å²) in [6, 6.07) is 19.1. The molecule has 1 heterocycles. The number of primary amides is 2. The molecule has 5 nitrogen and oxygen atoms in total. The largest absolute Gasteiger partial charge is 0.366 e. The van der Waals surface area contributed by atoms with Crippen molar-refractivity contribution < 1.29 is 9.59 Å². The maximum absolute atomic E-state index is 12.0. The summed E-state index contributed by atoms with van der Waals surface area (Å²) in [5, 5.41) is 1.93. The highest BCUT2D eigenvalue weighted by Crippen LogP contribution is 2.35. The van der Waals surface area contributed by atoms with E-state index in [1.807, 2.05) is 22.8 Å². The molecule has 2 amide bonds. The summed E-state index contributed by atoms with van der Waals surface area (Å²) < 4.78 is 1.96. The molecule has 1 radical (unpaired) electrons. The lowest BCUT2D eigenvalue weighted by Gasteiger charge is -2.11. The predicted molar refractivity (Wildman–Crippen MR) is 106 cm³/mol. The van der Waals surface area contributed by atoms with Gasteiger partial charge in [-0.2, -0.15) is 0 Å². The predicted octanol–water partition coefficient (Wildman–Crippen LogP) is 3.49. The summed E-state index contributed by atoms with van der Waals surface area (Å²) in [4.78, 5) is 23.8. The minimum atomic E-state index is -0.523. The molecule has 0 saturated carbocycles. The Hall–Kier alpha value is -3.31.